The predicted octanol–water partition coefficient (Wildman–Crippen LogP) is 8.78. The number of hydrogen-bond donors (Lipinski definition) is 4. The molecule has 0 aromatic rings. The molecular weight excluding hydrogens is 676 g/mol. The molecule has 0 amide bonds. The predicted molar refractivity (Wildman–Crippen MR) is 210 cm³/mol. The van der Waals surface area contributed by atoms with Crippen LogP contribution >= 0.6 is 0 Å². The number of aliphatic hydroxyl groups is 4. The van der Waals surface area contributed by atoms with Crippen molar-refractivity contribution in [3.8, 4) is 0 Å². The lowest BCUT2D eigenvalue weighted by atomic mass is 9.99. The Morgan fingerprint density at radius 2 is 1.00 bits per heavy atom. The summed E-state index contributed by atoms with van der Waals surface area (Å²) in [5.41, 5.74) is 0. The van der Waals surface area contributed by atoms with Crippen LogP contribution in [-0.4, -0.2) is 89.0 Å². The third-order valence-corrected chi connectivity index (χ3v) is 10.2. The monoisotopic (exact) mass is 757 g/mol. The number of hydrogen-bond acceptors (Lipinski definition) is 10. The molecule has 312 valence electrons. The molecule has 6 atom stereocenters. The molecule has 1 aliphatic rings. The summed E-state index contributed by atoms with van der Waals surface area (Å²) in [6, 6.07) is 0. The van der Waals surface area contributed by atoms with Gasteiger partial charge in [-0.25, -0.2) is 0 Å². The quantitative estimate of drug-likeness (QED) is 0.0277. The van der Waals surface area contributed by atoms with Crippen LogP contribution in [0, 0.1) is 0 Å². The Morgan fingerprint density at radius 3 is 1.47 bits per heavy atom. The summed E-state index contributed by atoms with van der Waals surface area (Å²) in [7, 11) is 0. The second-order valence-electron chi connectivity index (χ2n) is 15.2. The summed E-state index contributed by atoms with van der Waals surface area (Å²) in [6.07, 6.45) is 27.9. The van der Waals surface area contributed by atoms with Crippen molar-refractivity contribution in [3.63, 3.8) is 0 Å². The number of rotatable bonds is 36. The Balaban J connectivity index is 2.35. The van der Waals surface area contributed by atoms with Gasteiger partial charge in [0, 0.05) is 12.8 Å². The van der Waals surface area contributed by atoms with Gasteiger partial charge in [-0.3, -0.25) is 9.59 Å². The average Bonchev–Trinajstić information content (AvgIpc) is 3.15. The Bertz CT molecular complexity index is 881. The molecule has 0 saturated carbocycles. The highest BCUT2D eigenvalue weighted by atomic mass is 16.7. The van der Waals surface area contributed by atoms with E-state index in [9.17, 15) is 30.0 Å². The molecule has 1 heterocycles. The zero-order chi connectivity index (χ0) is 38.8. The van der Waals surface area contributed by atoms with Crippen molar-refractivity contribution >= 4 is 11.9 Å². The minimum atomic E-state index is -1.59. The van der Waals surface area contributed by atoms with Crippen molar-refractivity contribution in [3.05, 3.63) is 12.2 Å². The first-order valence-corrected chi connectivity index (χ1v) is 21.8. The third-order valence-electron chi connectivity index (χ3n) is 10.2. The SMILES string of the molecule is CCCCCCCC/C=C\CCCCCCCC(=O)O[C@H](COC(=O)CCCCCCCCCCCCCCC)CO[C@@H]1O[C@H](CO)[C@H](O)C(O)C1O. The highest BCUT2D eigenvalue weighted by Crippen LogP contribution is 2.23. The van der Waals surface area contributed by atoms with Gasteiger partial charge in [-0.05, 0) is 38.5 Å². The van der Waals surface area contributed by atoms with Crippen LogP contribution in [0.25, 0.3) is 0 Å². The molecule has 0 aromatic heterocycles. The van der Waals surface area contributed by atoms with Crippen LogP contribution in [0.15, 0.2) is 12.2 Å². The van der Waals surface area contributed by atoms with E-state index in [2.05, 4.69) is 26.0 Å². The molecule has 0 aromatic carbocycles. The minimum absolute atomic E-state index is 0.215. The number of carbonyl (C=O) groups is 2. The maximum Gasteiger partial charge on any atom is 0.306 e. The van der Waals surface area contributed by atoms with Crippen LogP contribution in [0.2, 0.25) is 0 Å². The molecular formula is C43H80O10. The maximum absolute atomic E-state index is 12.7. The fourth-order valence-electron chi connectivity index (χ4n) is 6.65. The molecule has 1 fully saturated rings. The van der Waals surface area contributed by atoms with E-state index in [-0.39, 0.29) is 32.0 Å². The third kappa shape index (κ3) is 26.8. The average molecular weight is 757 g/mol. The first-order valence-electron chi connectivity index (χ1n) is 21.8. The van der Waals surface area contributed by atoms with Gasteiger partial charge in [0.1, 0.15) is 31.0 Å². The number of allylic oxidation sites excluding steroid dienone is 2. The fraction of sp³-hybridized carbons (Fsp3) is 0.907. The van der Waals surface area contributed by atoms with Crippen LogP contribution in [0.5, 0.6) is 0 Å². The summed E-state index contributed by atoms with van der Waals surface area (Å²) in [4.78, 5) is 25.3. The molecule has 0 bridgehead atoms. The van der Waals surface area contributed by atoms with E-state index in [4.69, 9.17) is 18.9 Å². The smallest absolute Gasteiger partial charge is 0.306 e. The van der Waals surface area contributed by atoms with E-state index in [0.717, 1.165) is 51.4 Å². The van der Waals surface area contributed by atoms with Crippen LogP contribution < -0.4 is 0 Å². The molecule has 0 spiro atoms. The van der Waals surface area contributed by atoms with Gasteiger partial charge in [-0.15, -0.1) is 0 Å². The molecule has 10 nitrogen and oxygen atoms in total. The van der Waals surface area contributed by atoms with Gasteiger partial charge in [-0.1, -0.05) is 154 Å². The summed E-state index contributed by atoms with van der Waals surface area (Å²) in [5.74, 6) is -0.809. The van der Waals surface area contributed by atoms with Gasteiger partial charge in [-0.2, -0.15) is 0 Å². The molecule has 4 N–H and O–H groups in total. The van der Waals surface area contributed by atoms with E-state index in [1.807, 2.05) is 0 Å². The van der Waals surface area contributed by atoms with Crippen molar-refractivity contribution in [2.24, 2.45) is 0 Å². The van der Waals surface area contributed by atoms with Crippen molar-refractivity contribution in [2.75, 3.05) is 19.8 Å². The minimum Gasteiger partial charge on any atom is -0.462 e. The zero-order valence-corrected chi connectivity index (χ0v) is 33.8. The van der Waals surface area contributed by atoms with Gasteiger partial charge < -0.3 is 39.4 Å². The Hall–Kier alpha value is -1.56. The number of esters is 2. The van der Waals surface area contributed by atoms with Crippen molar-refractivity contribution in [1.82, 2.24) is 0 Å². The Labute approximate surface area is 322 Å². The topological polar surface area (TPSA) is 152 Å². The molecule has 53 heavy (non-hydrogen) atoms. The van der Waals surface area contributed by atoms with Crippen LogP contribution in [0.1, 0.15) is 194 Å². The lowest BCUT2D eigenvalue weighted by Gasteiger charge is -2.39. The highest BCUT2D eigenvalue weighted by Gasteiger charge is 2.44. The van der Waals surface area contributed by atoms with Gasteiger partial charge in [0.2, 0.25) is 0 Å². The molecule has 0 aliphatic carbocycles. The van der Waals surface area contributed by atoms with E-state index in [1.165, 1.54) is 109 Å². The van der Waals surface area contributed by atoms with E-state index < -0.39 is 49.4 Å². The molecule has 1 aliphatic heterocycles. The van der Waals surface area contributed by atoms with Gasteiger partial charge >= 0.3 is 11.9 Å². The lowest BCUT2D eigenvalue weighted by Crippen LogP contribution is -2.59. The van der Waals surface area contributed by atoms with E-state index in [0.29, 0.717) is 6.42 Å². The Kier molecular flexibility index (Phi) is 32.6. The first kappa shape index (κ1) is 49.5. The number of aliphatic hydroxyl groups excluding tert-OH is 4. The van der Waals surface area contributed by atoms with E-state index in [1.54, 1.807) is 0 Å². The largest absolute Gasteiger partial charge is 0.462 e. The van der Waals surface area contributed by atoms with E-state index >= 15 is 0 Å². The first-order chi connectivity index (χ1) is 25.8. The van der Waals surface area contributed by atoms with Crippen molar-refractivity contribution in [2.45, 2.75) is 230 Å². The number of carbonyl (C=O) groups excluding carboxylic acids is 2. The highest BCUT2D eigenvalue weighted by molar-refractivity contribution is 5.70. The molecule has 1 saturated heterocycles. The maximum atomic E-state index is 12.7. The molecule has 1 rings (SSSR count). The second kappa shape index (κ2) is 34.9. The normalized spacial score (nSPS) is 20.9. The molecule has 0 radical (unpaired) electrons. The zero-order valence-electron chi connectivity index (χ0n) is 33.8. The Morgan fingerprint density at radius 1 is 0.566 bits per heavy atom. The molecule has 2 unspecified atom stereocenters. The fourth-order valence-corrected chi connectivity index (χ4v) is 6.65. The van der Waals surface area contributed by atoms with Gasteiger partial charge in [0.15, 0.2) is 12.4 Å². The van der Waals surface area contributed by atoms with Crippen LogP contribution in [-0.2, 0) is 28.5 Å². The number of ether oxygens (including phenoxy) is 4. The summed E-state index contributed by atoms with van der Waals surface area (Å²) in [6.45, 7) is 3.41. The standard InChI is InChI=1S/C43H80O10/c1-3-5-7-9-11-13-15-17-18-20-22-24-26-28-30-32-39(46)52-36(35-51-43-42(49)41(48)40(47)37(33-44)53-43)34-50-38(45)31-29-27-25-23-21-19-16-14-12-10-8-6-4-2/h17-18,36-37,40-44,47-49H,3-16,19-35H2,1-2H3/b18-17-/t36-,37-,40+,41?,42?,43-/m1/s1. The number of unbranched alkanes of at least 4 members (excludes halogenated alkanes) is 23. The molecule has 10 heteroatoms. The van der Waals surface area contributed by atoms with Crippen molar-refractivity contribution in [1.29, 1.82) is 0 Å². The van der Waals surface area contributed by atoms with Gasteiger partial charge in [0.05, 0.1) is 13.2 Å². The van der Waals surface area contributed by atoms with Crippen molar-refractivity contribution < 1.29 is 49.0 Å². The van der Waals surface area contributed by atoms with Crippen LogP contribution in [0.4, 0.5) is 0 Å². The summed E-state index contributed by atoms with van der Waals surface area (Å²) >= 11 is 0. The van der Waals surface area contributed by atoms with Gasteiger partial charge in [0.25, 0.3) is 0 Å². The summed E-state index contributed by atoms with van der Waals surface area (Å²) < 4.78 is 22.1. The summed E-state index contributed by atoms with van der Waals surface area (Å²) in [5, 5.41) is 40.0. The van der Waals surface area contributed by atoms with Crippen LogP contribution in [0.3, 0.4) is 0 Å². The lowest BCUT2D eigenvalue weighted by molar-refractivity contribution is -0.305. The second-order valence-corrected chi connectivity index (χ2v) is 15.2.